The van der Waals surface area contributed by atoms with Crippen LogP contribution in [-0.2, 0) is 11.3 Å². The molecule has 4 nitrogen and oxygen atoms in total. The van der Waals surface area contributed by atoms with Crippen LogP contribution < -0.4 is 10.6 Å². The van der Waals surface area contributed by atoms with Crippen molar-refractivity contribution < 1.29 is 9.53 Å². The number of nitrogens with zero attached hydrogens (tertiary/aromatic N) is 1. The number of carbonyl (C=O) groups is 1. The molecule has 4 heteroatoms. The average Bonchev–Trinajstić information content (AvgIpc) is 2.26. The molecule has 0 aliphatic rings. The quantitative estimate of drug-likeness (QED) is 0.773. The van der Waals surface area contributed by atoms with E-state index in [1.165, 1.54) is 12.0 Å². The number of methoxy groups -OCH3 is 1. The summed E-state index contributed by atoms with van der Waals surface area (Å²) in [4.78, 5) is 12.7. The maximum atomic E-state index is 11.2. The van der Waals surface area contributed by atoms with E-state index in [0.717, 1.165) is 11.3 Å². The zero-order chi connectivity index (χ0) is 10.6. The standard InChI is InChI=1S/C10H14N2O2/c1-12(10(13)14-2)9-6-4-3-5-8(9)7-11/h3-6H,7,11H2,1-2H3. The van der Waals surface area contributed by atoms with E-state index in [4.69, 9.17) is 5.73 Å². The van der Waals surface area contributed by atoms with Gasteiger partial charge in [-0.15, -0.1) is 0 Å². The Balaban J connectivity index is 2.99. The second-order valence-electron chi connectivity index (χ2n) is 2.86. The lowest BCUT2D eigenvalue weighted by Gasteiger charge is -2.18. The van der Waals surface area contributed by atoms with E-state index in [9.17, 15) is 4.79 Å². The molecular weight excluding hydrogens is 180 g/mol. The number of benzene rings is 1. The van der Waals surface area contributed by atoms with Crippen LogP contribution in [0.4, 0.5) is 10.5 Å². The van der Waals surface area contributed by atoms with Crippen molar-refractivity contribution in [1.29, 1.82) is 0 Å². The van der Waals surface area contributed by atoms with Gasteiger partial charge in [0.1, 0.15) is 0 Å². The fraction of sp³-hybridized carbons (Fsp3) is 0.300. The summed E-state index contributed by atoms with van der Waals surface area (Å²) in [6.45, 7) is 0.400. The third-order valence-electron chi connectivity index (χ3n) is 2.02. The number of amides is 1. The molecule has 1 rings (SSSR count). The molecule has 0 aliphatic heterocycles. The van der Waals surface area contributed by atoms with Gasteiger partial charge in [0, 0.05) is 13.6 Å². The van der Waals surface area contributed by atoms with Gasteiger partial charge >= 0.3 is 6.09 Å². The number of ether oxygens (including phenoxy) is 1. The average molecular weight is 194 g/mol. The van der Waals surface area contributed by atoms with Crippen molar-refractivity contribution in [2.75, 3.05) is 19.1 Å². The summed E-state index contributed by atoms with van der Waals surface area (Å²) in [6.07, 6.45) is -0.397. The van der Waals surface area contributed by atoms with Crippen molar-refractivity contribution in [3.63, 3.8) is 0 Å². The molecule has 76 valence electrons. The maximum absolute atomic E-state index is 11.2. The summed E-state index contributed by atoms with van der Waals surface area (Å²) < 4.78 is 4.61. The number of anilines is 1. The summed E-state index contributed by atoms with van der Waals surface area (Å²) in [7, 11) is 3.00. The Morgan fingerprint density at radius 1 is 1.50 bits per heavy atom. The first-order valence-corrected chi connectivity index (χ1v) is 4.30. The van der Waals surface area contributed by atoms with Gasteiger partial charge in [0.05, 0.1) is 12.8 Å². The molecule has 2 N–H and O–H groups in total. The number of hydrogen-bond acceptors (Lipinski definition) is 3. The van der Waals surface area contributed by atoms with Crippen molar-refractivity contribution in [2.24, 2.45) is 5.73 Å². The second-order valence-corrected chi connectivity index (χ2v) is 2.86. The number of carbonyl (C=O) groups excluding carboxylic acids is 1. The van der Waals surface area contributed by atoms with Crippen LogP contribution in [0.25, 0.3) is 0 Å². The molecule has 0 radical (unpaired) electrons. The molecule has 0 fully saturated rings. The van der Waals surface area contributed by atoms with Crippen molar-refractivity contribution in [3.8, 4) is 0 Å². The van der Waals surface area contributed by atoms with Crippen molar-refractivity contribution >= 4 is 11.8 Å². The van der Waals surface area contributed by atoms with Gasteiger partial charge < -0.3 is 10.5 Å². The van der Waals surface area contributed by atoms with E-state index < -0.39 is 6.09 Å². The molecule has 0 unspecified atom stereocenters. The molecule has 0 aromatic heterocycles. The van der Waals surface area contributed by atoms with E-state index in [-0.39, 0.29) is 0 Å². The molecule has 0 spiro atoms. The molecule has 14 heavy (non-hydrogen) atoms. The van der Waals surface area contributed by atoms with Crippen LogP contribution >= 0.6 is 0 Å². The van der Waals surface area contributed by atoms with Crippen LogP contribution in [0.5, 0.6) is 0 Å². The van der Waals surface area contributed by atoms with Gasteiger partial charge in [-0.05, 0) is 11.6 Å². The maximum Gasteiger partial charge on any atom is 0.413 e. The lowest BCUT2D eigenvalue weighted by atomic mass is 10.1. The zero-order valence-corrected chi connectivity index (χ0v) is 8.36. The predicted octanol–water partition coefficient (Wildman–Crippen LogP) is 1.35. The SMILES string of the molecule is COC(=O)N(C)c1ccccc1CN. The molecule has 1 aromatic carbocycles. The lowest BCUT2D eigenvalue weighted by molar-refractivity contribution is 0.180. The van der Waals surface area contributed by atoms with Gasteiger partial charge in [-0.3, -0.25) is 4.90 Å². The lowest BCUT2D eigenvalue weighted by Crippen LogP contribution is -2.27. The number of nitrogens with two attached hydrogens (primary N) is 1. The third kappa shape index (κ3) is 2.03. The second kappa shape index (κ2) is 4.62. The summed E-state index contributed by atoms with van der Waals surface area (Å²) in [5.41, 5.74) is 7.25. The Labute approximate surface area is 83.3 Å². The van der Waals surface area contributed by atoms with Crippen LogP contribution in [0.1, 0.15) is 5.56 Å². The molecule has 0 bridgehead atoms. The summed E-state index contributed by atoms with van der Waals surface area (Å²) in [6, 6.07) is 7.46. The minimum atomic E-state index is -0.397. The molecular formula is C10H14N2O2. The minimum absolute atomic E-state index is 0.397. The Hall–Kier alpha value is -1.55. The Morgan fingerprint density at radius 3 is 2.71 bits per heavy atom. The highest BCUT2D eigenvalue weighted by Gasteiger charge is 2.12. The highest BCUT2D eigenvalue weighted by Crippen LogP contribution is 2.18. The molecule has 0 saturated carbocycles. The Kier molecular flexibility index (Phi) is 3.48. The zero-order valence-electron chi connectivity index (χ0n) is 8.36. The first-order valence-electron chi connectivity index (χ1n) is 4.30. The number of rotatable bonds is 2. The van der Waals surface area contributed by atoms with Gasteiger partial charge in [0.2, 0.25) is 0 Å². The summed E-state index contributed by atoms with van der Waals surface area (Å²) in [5.74, 6) is 0. The number of para-hydroxylation sites is 1. The highest BCUT2D eigenvalue weighted by molar-refractivity contribution is 5.87. The third-order valence-corrected chi connectivity index (χ3v) is 2.02. The van der Waals surface area contributed by atoms with Crippen LogP contribution in [0.15, 0.2) is 24.3 Å². The normalized spacial score (nSPS) is 9.64. The monoisotopic (exact) mass is 194 g/mol. The van der Waals surface area contributed by atoms with E-state index in [2.05, 4.69) is 4.74 Å². The van der Waals surface area contributed by atoms with Gasteiger partial charge in [0.25, 0.3) is 0 Å². The predicted molar refractivity (Wildman–Crippen MR) is 55.1 cm³/mol. The smallest absolute Gasteiger partial charge is 0.413 e. The molecule has 1 amide bonds. The Bertz CT molecular complexity index is 326. The molecule has 1 aromatic rings. The van der Waals surface area contributed by atoms with Gasteiger partial charge in [0.15, 0.2) is 0 Å². The fourth-order valence-electron chi connectivity index (χ4n) is 1.25. The van der Waals surface area contributed by atoms with Gasteiger partial charge in [-0.25, -0.2) is 4.79 Å². The van der Waals surface area contributed by atoms with E-state index in [1.807, 2.05) is 24.3 Å². The van der Waals surface area contributed by atoms with E-state index in [0.29, 0.717) is 6.54 Å². The van der Waals surface area contributed by atoms with Gasteiger partial charge in [-0.2, -0.15) is 0 Å². The summed E-state index contributed by atoms with van der Waals surface area (Å²) >= 11 is 0. The minimum Gasteiger partial charge on any atom is -0.452 e. The molecule has 0 saturated heterocycles. The van der Waals surface area contributed by atoms with Crippen molar-refractivity contribution in [1.82, 2.24) is 0 Å². The van der Waals surface area contributed by atoms with Crippen molar-refractivity contribution in [2.45, 2.75) is 6.54 Å². The van der Waals surface area contributed by atoms with Crippen molar-refractivity contribution in [3.05, 3.63) is 29.8 Å². The molecule has 0 aliphatic carbocycles. The largest absolute Gasteiger partial charge is 0.452 e. The van der Waals surface area contributed by atoms with Crippen LogP contribution in [0.3, 0.4) is 0 Å². The number of hydrogen-bond donors (Lipinski definition) is 1. The Morgan fingerprint density at radius 2 is 2.14 bits per heavy atom. The van der Waals surface area contributed by atoms with Gasteiger partial charge in [-0.1, -0.05) is 18.2 Å². The van der Waals surface area contributed by atoms with Crippen LogP contribution in [0.2, 0.25) is 0 Å². The highest BCUT2D eigenvalue weighted by atomic mass is 16.5. The first-order chi connectivity index (χ1) is 6.70. The fourth-order valence-corrected chi connectivity index (χ4v) is 1.25. The van der Waals surface area contributed by atoms with E-state index >= 15 is 0 Å². The van der Waals surface area contributed by atoms with E-state index in [1.54, 1.807) is 7.05 Å². The summed E-state index contributed by atoms with van der Waals surface area (Å²) in [5, 5.41) is 0. The molecule has 0 heterocycles. The first kappa shape index (κ1) is 10.5. The topological polar surface area (TPSA) is 55.6 Å². The molecule has 0 atom stereocenters. The van der Waals surface area contributed by atoms with Crippen LogP contribution in [-0.4, -0.2) is 20.3 Å². The van der Waals surface area contributed by atoms with Crippen LogP contribution in [0, 0.1) is 0 Å².